The van der Waals surface area contributed by atoms with Gasteiger partial charge in [0.15, 0.2) is 6.29 Å². The quantitative estimate of drug-likeness (QED) is 0.456. The van der Waals surface area contributed by atoms with Crippen molar-refractivity contribution in [2.24, 2.45) is 0 Å². The molecule has 0 amide bonds. The van der Waals surface area contributed by atoms with Crippen molar-refractivity contribution >= 4 is 6.08 Å². The van der Waals surface area contributed by atoms with Crippen molar-refractivity contribution < 1.29 is 14.2 Å². The number of benzene rings is 1. The van der Waals surface area contributed by atoms with E-state index in [2.05, 4.69) is 30.1 Å². The minimum absolute atomic E-state index is 0.233. The van der Waals surface area contributed by atoms with Crippen LogP contribution >= 0.6 is 0 Å². The first kappa shape index (κ1) is 20.6. The highest BCUT2D eigenvalue weighted by molar-refractivity contribution is 5.61. The van der Waals surface area contributed by atoms with E-state index in [-0.39, 0.29) is 6.29 Å². The third kappa shape index (κ3) is 6.77. The average Bonchev–Trinajstić information content (AvgIpc) is 3.26. The molecule has 1 aliphatic rings. The molecule has 3 rings (SSSR count). The van der Waals surface area contributed by atoms with Crippen LogP contribution in [0.25, 0.3) is 17.3 Å². The SMILES string of the molecule is CCCCCCCCOc1ccc(-c2ccc(/C=C/C3OCCO3)cn2)cc1. The molecular weight excluding hydrogens is 350 g/mol. The van der Waals surface area contributed by atoms with Crippen LogP contribution in [-0.4, -0.2) is 31.1 Å². The average molecular weight is 382 g/mol. The van der Waals surface area contributed by atoms with Crippen molar-refractivity contribution in [1.82, 2.24) is 4.98 Å². The number of hydrogen-bond acceptors (Lipinski definition) is 4. The van der Waals surface area contributed by atoms with E-state index in [4.69, 9.17) is 14.2 Å². The van der Waals surface area contributed by atoms with Gasteiger partial charge in [-0.25, -0.2) is 0 Å². The van der Waals surface area contributed by atoms with Crippen LogP contribution in [0.3, 0.4) is 0 Å². The fourth-order valence-electron chi connectivity index (χ4n) is 3.15. The van der Waals surface area contributed by atoms with Gasteiger partial charge in [0.05, 0.1) is 25.5 Å². The van der Waals surface area contributed by atoms with Gasteiger partial charge in [-0.1, -0.05) is 51.2 Å². The summed E-state index contributed by atoms with van der Waals surface area (Å²) in [5.41, 5.74) is 3.07. The zero-order chi connectivity index (χ0) is 19.4. The topological polar surface area (TPSA) is 40.6 Å². The first-order chi connectivity index (χ1) is 13.8. The summed E-state index contributed by atoms with van der Waals surface area (Å²) in [4.78, 5) is 4.56. The molecule has 0 radical (unpaired) electrons. The zero-order valence-corrected chi connectivity index (χ0v) is 16.8. The number of ether oxygens (including phenoxy) is 3. The Hall–Kier alpha value is -2.17. The Morgan fingerprint density at radius 3 is 2.43 bits per heavy atom. The second-order valence-corrected chi connectivity index (χ2v) is 7.09. The molecule has 0 atom stereocenters. The molecule has 4 nitrogen and oxygen atoms in total. The lowest BCUT2D eigenvalue weighted by Gasteiger charge is -2.07. The second-order valence-electron chi connectivity index (χ2n) is 7.09. The van der Waals surface area contributed by atoms with Crippen LogP contribution in [-0.2, 0) is 9.47 Å². The smallest absolute Gasteiger partial charge is 0.177 e. The minimum atomic E-state index is -0.233. The van der Waals surface area contributed by atoms with Crippen LogP contribution < -0.4 is 4.74 Å². The Labute approximate surface area is 168 Å². The molecule has 4 heteroatoms. The monoisotopic (exact) mass is 381 g/mol. The normalized spacial score (nSPS) is 14.8. The summed E-state index contributed by atoms with van der Waals surface area (Å²) in [5, 5.41) is 0. The van der Waals surface area contributed by atoms with Crippen molar-refractivity contribution in [1.29, 1.82) is 0 Å². The summed E-state index contributed by atoms with van der Waals surface area (Å²) >= 11 is 0. The molecule has 1 saturated heterocycles. The Bertz CT molecular complexity index is 704. The van der Waals surface area contributed by atoms with Crippen LogP contribution in [0.15, 0.2) is 48.7 Å². The summed E-state index contributed by atoms with van der Waals surface area (Å²) in [6, 6.07) is 12.3. The molecule has 0 bridgehead atoms. The van der Waals surface area contributed by atoms with E-state index in [0.717, 1.165) is 35.6 Å². The van der Waals surface area contributed by atoms with Gasteiger partial charge in [0.2, 0.25) is 0 Å². The van der Waals surface area contributed by atoms with Gasteiger partial charge < -0.3 is 14.2 Å². The number of unbranched alkanes of at least 4 members (excludes halogenated alkanes) is 5. The van der Waals surface area contributed by atoms with Crippen molar-refractivity contribution in [3.05, 3.63) is 54.2 Å². The summed E-state index contributed by atoms with van der Waals surface area (Å²) < 4.78 is 16.6. The molecule has 0 aliphatic carbocycles. The molecule has 0 N–H and O–H groups in total. The fraction of sp³-hybridized carbons (Fsp3) is 0.458. The lowest BCUT2D eigenvalue weighted by molar-refractivity contribution is -0.000908. The standard InChI is InChI=1S/C24H31NO3/c1-2-3-4-5-6-7-16-26-22-12-10-21(11-13-22)23-14-8-20(19-25-23)9-15-24-27-17-18-28-24/h8-15,19,24H,2-7,16-18H2,1H3/b15-9+. The number of pyridine rings is 1. The summed E-state index contributed by atoms with van der Waals surface area (Å²) in [7, 11) is 0. The van der Waals surface area contributed by atoms with Crippen LogP contribution in [0, 0.1) is 0 Å². The largest absolute Gasteiger partial charge is 0.494 e. The maximum absolute atomic E-state index is 5.85. The van der Waals surface area contributed by atoms with Crippen molar-refractivity contribution in [3.63, 3.8) is 0 Å². The summed E-state index contributed by atoms with van der Waals surface area (Å²) in [6.45, 7) is 4.35. The van der Waals surface area contributed by atoms with Gasteiger partial charge in [-0.3, -0.25) is 4.98 Å². The lowest BCUT2D eigenvalue weighted by atomic mass is 10.1. The van der Waals surface area contributed by atoms with Crippen LogP contribution in [0.2, 0.25) is 0 Å². The van der Waals surface area contributed by atoms with E-state index in [0.29, 0.717) is 13.2 Å². The van der Waals surface area contributed by atoms with Crippen molar-refractivity contribution in [2.45, 2.75) is 51.7 Å². The van der Waals surface area contributed by atoms with E-state index in [1.807, 2.05) is 36.5 Å². The first-order valence-electron chi connectivity index (χ1n) is 10.5. The molecule has 1 fully saturated rings. The van der Waals surface area contributed by atoms with E-state index in [1.165, 1.54) is 32.1 Å². The van der Waals surface area contributed by atoms with Crippen LogP contribution in [0.5, 0.6) is 5.75 Å². The van der Waals surface area contributed by atoms with Crippen LogP contribution in [0.4, 0.5) is 0 Å². The molecule has 0 saturated carbocycles. The van der Waals surface area contributed by atoms with Gasteiger partial charge in [-0.15, -0.1) is 0 Å². The maximum Gasteiger partial charge on any atom is 0.177 e. The predicted octanol–water partition coefficient (Wildman–Crippen LogP) is 5.87. The van der Waals surface area contributed by atoms with E-state index in [1.54, 1.807) is 0 Å². The van der Waals surface area contributed by atoms with Gasteiger partial charge in [0, 0.05) is 11.8 Å². The molecule has 1 aromatic heterocycles. The lowest BCUT2D eigenvalue weighted by Crippen LogP contribution is -2.01. The maximum atomic E-state index is 5.85. The third-order valence-corrected chi connectivity index (χ3v) is 4.80. The summed E-state index contributed by atoms with van der Waals surface area (Å²) in [6.07, 6.45) is 13.2. The molecule has 28 heavy (non-hydrogen) atoms. The van der Waals surface area contributed by atoms with Crippen molar-refractivity contribution in [2.75, 3.05) is 19.8 Å². The van der Waals surface area contributed by atoms with Gasteiger partial charge in [-0.05, 0) is 48.4 Å². The minimum Gasteiger partial charge on any atom is -0.494 e. The first-order valence-corrected chi connectivity index (χ1v) is 10.5. The predicted molar refractivity (Wildman–Crippen MR) is 113 cm³/mol. The zero-order valence-electron chi connectivity index (χ0n) is 16.8. The van der Waals surface area contributed by atoms with Crippen molar-refractivity contribution in [3.8, 4) is 17.0 Å². The van der Waals surface area contributed by atoms with Gasteiger partial charge >= 0.3 is 0 Å². The molecule has 1 aliphatic heterocycles. The highest BCUT2D eigenvalue weighted by atomic mass is 16.7. The number of hydrogen-bond donors (Lipinski definition) is 0. The summed E-state index contributed by atoms with van der Waals surface area (Å²) in [5.74, 6) is 0.924. The van der Waals surface area contributed by atoms with E-state index >= 15 is 0 Å². The van der Waals surface area contributed by atoms with E-state index < -0.39 is 0 Å². The van der Waals surface area contributed by atoms with Crippen LogP contribution in [0.1, 0.15) is 51.0 Å². The highest BCUT2D eigenvalue weighted by Crippen LogP contribution is 2.21. The third-order valence-electron chi connectivity index (χ3n) is 4.80. The Balaban J connectivity index is 1.44. The molecule has 150 valence electrons. The molecule has 2 heterocycles. The number of nitrogens with zero attached hydrogens (tertiary/aromatic N) is 1. The molecule has 0 spiro atoms. The number of aromatic nitrogens is 1. The Kier molecular flexibility index (Phi) is 8.54. The highest BCUT2D eigenvalue weighted by Gasteiger charge is 2.11. The van der Waals surface area contributed by atoms with E-state index in [9.17, 15) is 0 Å². The Morgan fingerprint density at radius 1 is 0.964 bits per heavy atom. The molecule has 1 aromatic carbocycles. The van der Waals surface area contributed by atoms with Gasteiger partial charge in [-0.2, -0.15) is 0 Å². The van der Waals surface area contributed by atoms with Gasteiger partial charge in [0.25, 0.3) is 0 Å². The molecular formula is C24H31NO3. The van der Waals surface area contributed by atoms with Gasteiger partial charge in [0.1, 0.15) is 5.75 Å². The number of rotatable bonds is 11. The molecule has 2 aromatic rings. The molecule has 0 unspecified atom stereocenters. The Morgan fingerprint density at radius 2 is 1.71 bits per heavy atom. The second kappa shape index (κ2) is 11.6. The fourth-order valence-corrected chi connectivity index (χ4v) is 3.15.